The first-order valence-corrected chi connectivity index (χ1v) is 10.2. The summed E-state index contributed by atoms with van der Waals surface area (Å²) in [4.78, 5) is 25.9. The molecule has 0 bridgehead atoms. The molecule has 1 saturated heterocycles. The van der Waals surface area contributed by atoms with Crippen molar-refractivity contribution in [1.29, 1.82) is 0 Å². The number of benzene rings is 1. The maximum Gasteiger partial charge on any atom is 0.227 e. The molecule has 3 aromatic rings. The van der Waals surface area contributed by atoms with Crippen molar-refractivity contribution in [3.05, 3.63) is 53.5 Å². The van der Waals surface area contributed by atoms with Gasteiger partial charge in [0, 0.05) is 37.9 Å². The summed E-state index contributed by atoms with van der Waals surface area (Å²) in [5.74, 6) is 0.385. The molecule has 2 aromatic heterocycles. The molecule has 1 aliphatic rings. The Bertz CT molecular complexity index is 994. The highest BCUT2D eigenvalue weighted by atomic mass is 16.2. The number of hydrogen-bond donors (Lipinski definition) is 0. The minimum Gasteiger partial charge on any atom is -0.342 e. The highest BCUT2D eigenvalue weighted by Gasteiger charge is 2.31. The Morgan fingerprint density at radius 1 is 1.17 bits per heavy atom. The van der Waals surface area contributed by atoms with Gasteiger partial charge in [-0.25, -0.2) is 14.6 Å². The number of aromatic nitrogens is 4. The van der Waals surface area contributed by atoms with E-state index in [1.54, 1.807) is 12.4 Å². The summed E-state index contributed by atoms with van der Waals surface area (Å²) in [5.41, 5.74) is 4.93. The van der Waals surface area contributed by atoms with Crippen molar-refractivity contribution in [1.82, 2.24) is 29.5 Å². The fourth-order valence-corrected chi connectivity index (χ4v) is 3.85. The van der Waals surface area contributed by atoms with Crippen LogP contribution in [-0.2, 0) is 17.8 Å². The molecule has 3 heterocycles. The second-order valence-electron chi connectivity index (χ2n) is 8.13. The highest BCUT2D eigenvalue weighted by Crippen LogP contribution is 2.30. The van der Waals surface area contributed by atoms with Gasteiger partial charge in [-0.15, -0.1) is 0 Å². The van der Waals surface area contributed by atoms with Gasteiger partial charge in [0.2, 0.25) is 5.91 Å². The molecule has 4 rings (SSSR count). The Balaban J connectivity index is 1.49. The van der Waals surface area contributed by atoms with Gasteiger partial charge in [0.25, 0.3) is 0 Å². The number of likely N-dealkylation sites (N-methyl/N-ethyl adjacent to an activating group) is 1. The molecule has 1 unspecified atom stereocenters. The van der Waals surface area contributed by atoms with Crippen LogP contribution in [0.2, 0.25) is 0 Å². The zero-order chi connectivity index (χ0) is 20.4. The number of hydrogen-bond acceptors (Lipinski definition) is 5. The number of carbonyl (C=O) groups excluding carboxylic acids is 1. The second kappa shape index (κ2) is 8.29. The topological polar surface area (TPSA) is 67.2 Å². The molecule has 7 heteroatoms. The van der Waals surface area contributed by atoms with Crippen LogP contribution < -0.4 is 0 Å². The predicted molar refractivity (Wildman–Crippen MR) is 113 cm³/mol. The van der Waals surface area contributed by atoms with Crippen LogP contribution in [0, 0.1) is 6.92 Å². The van der Waals surface area contributed by atoms with Crippen LogP contribution in [0.1, 0.15) is 29.2 Å². The summed E-state index contributed by atoms with van der Waals surface area (Å²) in [6.07, 6.45) is 4.80. The standard InChI is InChI=1S/C22H28N6O/c1-16-4-6-17(7-5-16)14-19(29)27-11-8-18(15-27)20-21-22(24-10-9-23-21)28(25-20)13-12-26(2)3/h4-7,9-10,18H,8,11-15H2,1-3H3. The van der Waals surface area contributed by atoms with Crippen molar-refractivity contribution < 1.29 is 4.79 Å². The zero-order valence-corrected chi connectivity index (χ0v) is 17.4. The third-order valence-corrected chi connectivity index (χ3v) is 5.56. The fourth-order valence-electron chi connectivity index (χ4n) is 3.85. The van der Waals surface area contributed by atoms with E-state index in [0.29, 0.717) is 13.0 Å². The first-order valence-electron chi connectivity index (χ1n) is 10.2. The van der Waals surface area contributed by atoms with E-state index in [1.165, 1.54) is 5.56 Å². The zero-order valence-electron chi connectivity index (χ0n) is 17.4. The lowest BCUT2D eigenvalue weighted by molar-refractivity contribution is -0.129. The van der Waals surface area contributed by atoms with E-state index >= 15 is 0 Å². The van der Waals surface area contributed by atoms with Gasteiger partial charge in [-0.3, -0.25) is 4.79 Å². The van der Waals surface area contributed by atoms with E-state index in [2.05, 4.69) is 33.9 Å². The molecule has 0 N–H and O–H groups in total. The van der Waals surface area contributed by atoms with Crippen molar-refractivity contribution in [2.45, 2.75) is 32.2 Å². The molecular formula is C22H28N6O. The lowest BCUT2D eigenvalue weighted by atomic mass is 10.0. The van der Waals surface area contributed by atoms with Crippen molar-refractivity contribution >= 4 is 17.1 Å². The van der Waals surface area contributed by atoms with Crippen LogP contribution in [0.4, 0.5) is 0 Å². The monoisotopic (exact) mass is 392 g/mol. The number of amides is 1. The molecule has 1 aliphatic heterocycles. The smallest absolute Gasteiger partial charge is 0.227 e. The van der Waals surface area contributed by atoms with Gasteiger partial charge < -0.3 is 9.80 Å². The molecule has 7 nitrogen and oxygen atoms in total. The Hall–Kier alpha value is -2.80. The maximum absolute atomic E-state index is 12.8. The van der Waals surface area contributed by atoms with E-state index < -0.39 is 0 Å². The molecule has 152 valence electrons. The van der Waals surface area contributed by atoms with E-state index in [9.17, 15) is 4.79 Å². The summed E-state index contributed by atoms with van der Waals surface area (Å²) in [7, 11) is 4.10. The fraction of sp³-hybridized carbons (Fsp3) is 0.455. The third kappa shape index (κ3) is 4.29. The third-order valence-electron chi connectivity index (χ3n) is 5.56. The van der Waals surface area contributed by atoms with Crippen molar-refractivity contribution in [2.24, 2.45) is 0 Å². The summed E-state index contributed by atoms with van der Waals surface area (Å²) in [5, 5.41) is 4.86. The second-order valence-corrected chi connectivity index (χ2v) is 8.13. The van der Waals surface area contributed by atoms with Crippen LogP contribution in [0.3, 0.4) is 0 Å². The number of nitrogens with zero attached hydrogens (tertiary/aromatic N) is 6. The molecule has 0 radical (unpaired) electrons. The van der Waals surface area contributed by atoms with E-state index in [4.69, 9.17) is 5.10 Å². The molecular weight excluding hydrogens is 364 g/mol. The molecule has 1 aromatic carbocycles. The van der Waals surface area contributed by atoms with Crippen LogP contribution in [0.15, 0.2) is 36.7 Å². The first-order chi connectivity index (χ1) is 14.0. The summed E-state index contributed by atoms with van der Waals surface area (Å²) in [6.45, 7) is 5.17. The molecule has 29 heavy (non-hydrogen) atoms. The Morgan fingerprint density at radius 3 is 2.69 bits per heavy atom. The van der Waals surface area contributed by atoms with E-state index in [-0.39, 0.29) is 11.8 Å². The number of rotatable bonds is 6. The Morgan fingerprint density at radius 2 is 1.93 bits per heavy atom. The number of carbonyl (C=O) groups is 1. The lowest BCUT2D eigenvalue weighted by Crippen LogP contribution is -2.30. The van der Waals surface area contributed by atoms with Crippen molar-refractivity contribution in [3.8, 4) is 0 Å². The van der Waals surface area contributed by atoms with Gasteiger partial charge in [0.15, 0.2) is 5.65 Å². The summed E-state index contributed by atoms with van der Waals surface area (Å²) < 4.78 is 1.95. The average molecular weight is 393 g/mol. The predicted octanol–water partition coefficient (Wildman–Crippen LogP) is 2.25. The number of likely N-dealkylation sites (tertiary alicyclic amines) is 1. The molecule has 1 amide bonds. The van der Waals surface area contributed by atoms with Gasteiger partial charge >= 0.3 is 0 Å². The normalized spacial score (nSPS) is 16.8. The van der Waals surface area contributed by atoms with Gasteiger partial charge in [-0.1, -0.05) is 29.8 Å². The molecule has 0 saturated carbocycles. The van der Waals surface area contributed by atoms with Crippen molar-refractivity contribution in [2.75, 3.05) is 33.7 Å². The highest BCUT2D eigenvalue weighted by molar-refractivity contribution is 5.79. The first kappa shape index (κ1) is 19.5. The number of fused-ring (bicyclic) bond motifs is 1. The SMILES string of the molecule is Cc1ccc(CC(=O)N2CCC(c3nn(CCN(C)C)c4nccnc34)C2)cc1. The van der Waals surface area contributed by atoms with Gasteiger partial charge in [0.1, 0.15) is 5.52 Å². The van der Waals surface area contributed by atoms with Crippen LogP contribution >= 0.6 is 0 Å². The molecule has 1 atom stereocenters. The lowest BCUT2D eigenvalue weighted by Gasteiger charge is -2.16. The van der Waals surface area contributed by atoms with Gasteiger partial charge in [0.05, 0.1) is 18.7 Å². The van der Waals surface area contributed by atoms with Crippen LogP contribution in [0.25, 0.3) is 11.2 Å². The summed E-state index contributed by atoms with van der Waals surface area (Å²) in [6, 6.07) is 8.19. The summed E-state index contributed by atoms with van der Waals surface area (Å²) >= 11 is 0. The van der Waals surface area contributed by atoms with Gasteiger partial charge in [-0.2, -0.15) is 5.10 Å². The van der Waals surface area contributed by atoms with Crippen molar-refractivity contribution in [3.63, 3.8) is 0 Å². The Kier molecular flexibility index (Phi) is 5.58. The Labute approximate surface area is 171 Å². The molecule has 0 aliphatic carbocycles. The van der Waals surface area contributed by atoms with E-state index in [0.717, 1.165) is 48.5 Å². The van der Waals surface area contributed by atoms with Crippen LogP contribution in [-0.4, -0.2) is 69.2 Å². The quantitative estimate of drug-likeness (QED) is 0.644. The average Bonchev–Trinajstić information content (AvgIpc) is 3.33. The minimum absolute atomic E-state index is 0.179. The molecule has 0 spiro atoms. The van der Waals surface area contributed by atoms with Gasteiger partial charge in [-0.05, 0) is 33.0 Å². The minimum atomic E-state index is 0.179. The van der Waals surface area contributed by atoms with E-state index in [1.807, 2.05) is 35.8 Å². The number of aryl methyl sites for hydroxylation is 1. The maximum atomic E-state index is 12.8. The van der Waals surface area contributed by atoms with Crippen LogP contribution in [0.5, 0.6) is 0 Å². The largest absolute Gasteiger partial charge is 0.342 e. The molecule has 1 fully saturated rings.